The van der Waals surface area contributed by atoms with E-state index in [4.69, 9.17) is 4.74 Å². The Morgan fingerprint density at radius 2 is 1.85 bits per heavy atom. The Morgan fingerprint density at radius 1 is 1.06 bits per heavy atom. The van der Waals surface area contributed by atoms with Gasteiger partial charge in [0.1, 0.15) is 11.8 Å². The number of rotatable bonds is 7. The highest BCUT2D eigenvalue weighted by Crippen LogP contribution is 2.32. The Hall–Kier alpha value is -3.79. The third-order valence-electron chi connectivity index (χ3n) is 6.38. The number of hydrogen-bond donors (Lipinski definition) is 2. The third-order valence-corrected chi connectivity index (χ3v) is 6.38. The van der Waals surface area contributed by atoms with Crippen LogP contribution in [0.2, 0.25) is 0 Å². The van der Waals surface area contributed by atoms with Gasteiger partial charge in [0.25, 0.3) is 11.8 Å². The molecule has 1 aromatic carbocycles. The fourth-order valence-electron chi connectivity index (χ4n) is 4.48. The smallest absolute Gasteiger partial charge is 0.262 e. The Morgan fingerprint density at radius 3 is 2.59 bits per heavy atom. The fourth-order valence-corrected chi connectivity index (χ4v) is 4.48. The zero-order valence-corrected chi connectivity index (χ0v) is 18.4. The lowest BCUT2D eigenvalue weighted by molar-refractivity contribution is -0.136. The molecule has 2 saturated heterocycles. The van der Waals surface area contributed by atoms with E-state index in [1.807, 2.05) is 0 Å². The van der Waals surface area contributed by atoms with Crippen molar-refractivity contribution in [2.45, 2.75) is 37.8 Å². The topological polar surface area (TPSA) is 129 Å². The summed E-state index contributed by atoms with van der Waals surface area (Å²) in [5.74, 6) is -1.88. The summed E-state index contributed by atoms with van der Waals surface area (Å²) >= 11 is 0. The van der Waals surface area contributed by atoms with Gasteiger partial charge in [-0.05, 0) is 49.6 Å². The first kappa shape index (κ1) is 22.0. The van der Waals surface area contributed by atoms with Crippen LogP contribution in [0, 0.1) is 0 Å². The number of ether oxygens (including phenoxy) is 1. The van der Waals surface area contributed by atoms with Gasteiger partial charge in [0.15, 0.2) is 0 Å². The van der Waals surface area contributed by atoms with E-state index in [0.717, 1.165) is 29.1 Å². The molecule has 2 N–H and O–H groups in total. The maximum absolute atomic E-state index is 13.0. The number of piperidine rings is 1. The van der Waals surface area contributed by atoms with E-state index < -0.39 is 29.7 Å². The molecule has 34 heavy (non-hydrogen) atoms. The monoisotopic (exact) mass is 464 g/mol. The number of hydrogen-bond acceptors (Lipinski definition) is 8. The Balaban J connectivity index is 1.14. The van der Waals surface area contributed by atoms with Gasteiger partial charge in [0, 0.05) is 37.5 Å². The van der Waals surface area contributed by atoms with E-state index in [2.05, 4.69) is 15.2 Å². The highest BCUT2D eigenvalue weighted by Gasteiger charge is 2.45. The molecule has 0 aliphatic carbocycles. The Kier molecular flexibility index (Phi) is 5.74. The number of carbonyl (C=O) groups excluding carboxylic acids is 4. The van der Waals surface area contributed by atoms with Crippen LogP contribution in [-0.4, -0.2) is 70.5 Å². The van der Waals surface area contributed by atoms with Gasteiger partial charge < -0.3 is 14.7 Å². The normalized spacial score (nSPS) is 20.4. The molecular weight excluding hydrogens is 440 g/mol. The van der Waals surface area contributed by atoms with E-state index in [1.165, 1.54) is 6.20 Å². The molecule has 3 aliphatic heterocycles. The summed E-state index contributed by atoms with van der Waals surface area (Å²) in [6, 6.07) is 7.55. The maximum Gasteiger partial charge on any atom is 0.262 e. The molecule has 4 heterocycles. The van der Waals surface area contributed by atoms with Crippen molar-refractivity contribution >= 4 is 29.3 Å². The van der Waals surface area contributed by atoms with E-state index in [9.17, 15) is 24.3 Å². The molecule has 10 nitrogen and oxygen atoms in total. The van der Waals surface area contributed by atoms with E-state index in [-0.39, 0.29) is 35.8 Å². The lowest BCUT2D eigenvalue weighted by Gasteiger charge is -2.40. The second-order valence-electron chi connectivity index (χ2n) is 8.69. The van der Waals surface area contributed by atoms with Crippen LogP contribution in [-0.2, 0) is 20.7 Å². The van der Waals surface area contributed by atoms with Gasteiger partial charge in [-0.15, -0.1) is 0 Å². The van der Waals surface area contributed by atoms with Crippen LogP contribution in [0.25, 0.3) is 0 Å². The summed E-state index contributed by atoms with van der Waals surface area (Å²) < 4.78 is 5.90. The van der Waals surface area contributed by atoms with Crippen molar-refractivity contribution in [3.05, 3.63) is 53.3 Å². The number of nitrogens with zero attached hydrogens (tertiary/aromatic N) is 3. The van der Waals surface area contributed by atoms with Crippen LogP contribution in [0.5, 0.6) is 5.75 Å². The molecular formula is C24H24N4O6. The molecule has 0 bridgehead atoms. The zero-order valence-electron chi connectivity index (χ0n) is 18.4. The lowest BCUT2D eigenvalue weighted by atomic mass is 10.0. The first-order chi connectivity index (χ1) is 16.4. The van der Waals surface area contributed by atoms with Gasteiger partial charge >= 0.3 is 0 Å². The van der Waals surface area contributed by atoms with Crippen LogP contribution < -0.4 is 10.2 Å². The van der Waals surface area contributed by atoms with Crippen molar-refractivity contribution < 1.29 is 29.0 Å². The summed E-state index contributed by atoms with van der Waals surface area (Å²) in [5.41, 5.74) is 2.27. The fraction of sp³-hybridized carbons (Fsp3) is 0.375. The molecule has 1 aromatic heterocycles. The van der Waals surface area contributed by atoms with Crippen molar-refractivity contribution in [1.29, 1.82) is 0 Å². The molecule has 3 aliphatic rings. The molecule has 1 atom stereocenters. The number of fused-ring (bicyclic) bond motifs is 1. The number of aromatic hydroxyl groups is 1. The second-order valence-corrected chi connectivity index (χ2v) is 8.69. The van der Waals surface area contributed by atoms with Crippen molar-refractivity contribution in [1.82, 2.24) is 15.2 Å². The first-order valence-electron chi connectivity index (χ1n) is 11.3. The number of imide groups is 2. The Labute approximate surface area is 195 Å². The molecule has 4 amide bonds. The molecule has 1 unspecified atom stereocenters. The van der Waals surface area contributed by atoms with Crippen LogP contribution in [0.1, 0.15) is 45.7 Å². The van der Waals surface area contributed by atoms with Crippen LogP contribution in [0.3, 0.4) is 0 Å². The summed E-state index contributed by atoms with van der Waals surface area (Å²) in [7, 11) is 0. The largest absolute Gasteiger partial charge is 0.506 e. The SMILES string of the molecule is O=C1CCC(N2C(=O)c3ccc(N4CC(OCCCc5ccc(O)cn5)C4)cc3C2=O)C(=O)N1. The van der Waals surface area contributed by atoms with Crippen molar-refractivity contribution in [2.24, 2.45) is 0 Å². The molecule has 0 radical (unpaired) electrons. The van der Waals surface area contributed by atoms with Gasteiger partial charge in [-0.1, -0.05) is 0 Å². The van der Waals surface area contributed by atoms with Gasteiger partial charge in [0.05, 0.1) is 23.4 Å². The summed E-state index contributed by atoms with van der Waals surface area (Å²) in [4.78, 5) is 56.6. The number of aromatic nitrogens is 1. The molecule has 0 spiro atoms. The third kappa shape index (κ3) is 4.12. The average molecular weight is 464 g/mol. The van der Waals surface area contributed by atoms with Crippen LogP contribution >= 0.6 is 0 Å². The molecule has 176 valence electrons. The van der Waals surface area contributed by atoms with Crippen molar-refractivity contribution in [3.63, 3.8) is 0 Å². The number of aryl methyl sites for hydroxylation is 1. The minimum Gasteiger partial charge on any atom is -0.506 e. The predicted molar refractivity (Wildman–Crippen MR) is 119 cm³/mol. The first-order valence-corrected chi connectivity index (χ1v) is 11.3. The number of carbonyl (C=O) groups is 4. The van der Waals surface area contributed by atoms with Crippen molar-refractivity contribution in [2.75, 3.05) is 24.6 Å². The number of benzene rings is 1. The van der Waals surface area contributed by atoms with E-state index in [0.29, 0.717) is 19.7 Å². The summed E-state index contributed by atoms with van der Waals surface area (Å²) in [6.45, 7) is 1.95. The average Bonchev–Trinajstić information content (AvgIpc) is 3.03. The van der Waals surface area contributed by atoms with Crippen molar-refractivity contribution in [3.8, 4) is 5.75 Å². The predicted octanol–water partition coefficient (Wildman–Crippen LogP) is 1.03. The molecule has 10 heteroatoms. The van der Waals surface area contributed by atoms with Crippen LogP contribution in [0.15, 0.2) is 36.5 Å². The molecule has 5 rings (SSSR count). The molecule has 2 aromatic rings. The molecule has 0 saturated carbocycles. The number of nitrogens with one attached hydrogen (secondary N) is 1. The number of amides is 4. The highest BCUT2D eigenvalue weighted by atomic mass is 16.5. The standard InChI is InChI=1S/C24H24N4O6/c29-16-5-3-14(25-11-16)2-1-9-34-17-12-27(13-17)15-4-6-18-19(10-15)24(33)28(23(18)32)20-7-8-21(30)26-22(20)31/h3-6,10-11,17,20,29H,1-2,7-9,12-13H2,(H,26,30,31). The minimum absolute atomic E-state index is 0.0818. The summed E-state index contributed by atoms with van der Waals surface area (Å²) in [5, 5.41) is 11.5. The lowest BCUT2D eigenvalue weighted by Crippen LogP contribution is -2.54. The Bertz CT molecular complexity index is 1160. The van der Waals surface area contributed by atoms with E-state index in [1.54, 1.807) is 30.3 Å². The van der Waals surface area contributed by atoms with Gasteiger partial charge in [-0.3, -0.25) is 34.4 Å². The number of pyridine rings is 1. The van der Waals surface area contributed by atoms with Gasteiger partial charge in [-0.2, -0.15) is 0 Å². The minimum atomic E-state index is -0.966. The summed E-state index contributed by atoms with van der Waals surface area (Å²) in [6.07, 6.45) is 3.32. The number of anilines is 1. The van der Waals surface area contributed by atoms with Crippen LogP contribution in [0.4, 0.5) is 5.69 Å². The highest BCUT2D eigenvalue weighted by molar-refractivity contribution is 6.23. The molecule has 2 fully saturated rings. The van der Waals surface area contributed by atoms with Gasteiger partial charge in [0.2, 0.25) is 11.8 Å². The maximum atomic E-state index is 13.0. The second kappa shape index (κ2) is 8.86. The van der Waals surface area contributed by atoms with Gasteiger partial charge in [-0.25, -0.2) is 0 Å². The van der Waals surface area contributed by atoms with E-state index >= 15 is 0 Å². The quantitative estimate of drug-likeness (QED) is 0.459. The zero-order chi connectivity index (χ0) is 23.8.